The summed E-state index contributed by atoms with van der Waals surface area (Å²) in [7, 11) is 0. The average Bonchev–Trinajstić information content (AvgIpc) is 3.10. The van der Waals surface area contributed by atoms with Gasteiger partial charge in [-0.25, -0.2) is 4.98 Å². The second-order valence-electron chi connectivity index (χ2n) is 4.29. The van der Waals surface area contributed by atoms with Crippen LogP contribution in [0.25, 0.3) is 10.6 Å². The number of aromatic nitrogens is 1. The Morgan fingerprint density at radius 2 is 2.12 bits per heavy atom. The van der Waals surface area contributed by atoms with Crippen LogP contribution in [0.15, 0.2) is 28.7 Å². The molecule has 2 N–H and O–H groups in total. The number of nitrogens with two attached hydrogens (primary N) is 1. The Balaban J connectivity index is 2.06. The van der Waals surface area contributed by atoms with Crippen LogP contribution in [-0.4, -0.2) is 4.98 Å². The highest BCUT2D eigenvalue weighted by Crippen LogP contribution is 2.44. The van der Waals surface area contributed by atoms with Crippen molar-refractivity contribution >= 4 is 27.3 Å². The van der Waals surface area contributed by atoms with Crippen LogP contribution in [0.4, 0.5) is 0 Å². The van der Waals surface area contributed by atoms with Gasteiger partial charge in [0.25, 0.3) is 0 Å². The summed E-state index contributed by atoms with van der Waals surface area (Å²) in [5.74, 6) is 0.668. The van der Waals surface area contributed by atoms with E-state index in [1.807, 2.05) is 12.1 Å². The zero-order chi connectivity index (χ0) is 11.8. The van der Waals surface area contributed by atoms with E-state index in [-0.39, 0.29) is 0 Å². The van der Waals surface area contributed by atoms with Crippen LogP contribution in [0, 0.1) is 0 Å². The second kappa shape index (κ2) is 4.52. The van der Waals surface area contributed by atoms with Gasteiger partial charge in [-0.1, -0.05) is 34.1 Å². The molecule has 0 radical (unpaired) electrons. The lowest BCUT2D eigenvalue weighted by Crippen LogP contribution is -1.96. The molecule has 88 valence electrons. The van der Waals surface area contributed by atoms with Crippen LogP contribution < -0.4 is 5.73 Å². The Hall–Kier alpha value is -0.710. The standard InChI is InChI=1S/C13H13BrN2S/c14-10-4-2-1-3-9(10)13-16-12(8-5-6-8)11(7-15)17-13/h1-4,8H,5-7,15H2. The van der Waals surface area contributed by atoms with Gasteiger partial charge in [0.15, 0.2) is 0 Å². The average molecular weight is 309 g/mol. The molecule has 1 heterocycles. The van der Waals surface area contributed by atoms with E-state index in [2.05, 4.69) is 28.1 Å². The molecule has 1 saturated carbocycles. The molecular weight excluding hydrogens is 296 g/mol. The van der Waals surface area contributed by atoms with Gasteiger partial charge in [-0.05, 0) is 18.9 Å². The van der Waals surface area contributed by atoms with Crippen molar-refractivity contribution in [1.29, 1.82) is 0 Å². The molecule has 4 heteroatoms. The third-order valence-electron chi connectivity index (χ3n) is 2.98. The minimum Gasteiger partial charge on any atom is -0.326 e. The predicted molar refractivity (Wildman–Crippen MR) is 75.1 cm³/mol. The van der Waals surface area contributed by atoms with Gasteiger partial charge < -0.3 is 5.73 Å². The van der Waals surface area contributed by atoms with Crippen LogP contribution in [0.5, 0.6) is 0 Å². The summed E-state index contributed by atoms with van der Waals surface area (Å²) in [6.07, 6.45) is 2.54. The first kappa shape index (κ1) is 11.4. The zero-order valence-corrected chi connectivity index (χ0v) is 11.7. The molecule has 0 amide bonds. The van der Waals surface area contributed by atoms with Crippen molar-refractivity contribution in [1.82, 2.24) is 4.98 Å². The first-order chi connectivity index (χ1) is 8.29. The summed E-state index contributed by atoms with van der Waals surface area (Å²) < 4.78 is 1.10. The SMILES string of the molecule is NCc1sc(-c2ccccc2Br)nc1C1CC1. The van der Waals surface area contributed by atoms with E-state index in [0.29, 0.717) is 12.5 Å². The zero-order valence-electron chi connectivity index (χ0n) is 9.32. The van der Waals surface area contributed by atoms with E-state index in [9.17, 15) is 0 Å². The van der Waals surface area contributed by atoms with Crippen molar-refractivity contribution in [3.63, 3.8) is 0 Å². The highest BCUT2D eigenvalue weighted by atomic mass is 79.9. The molecule has 0 spiro atoms. The van der Waals surface area contributed by atoms with E-state index in [1.54, 1.807) is 11.3 Å². The lowest BCUT2D eigenvalue weighted by Gasteiger charge is -1.98. The molecule has 0 unspecified atom stereocenters. The fourth-order valence-corrected chi connectivity index (χ4v) is 3.60. The normalized spacial score (nSPS) is 15.2. The number of hydrogen-bond acceptors (Lipinski definition) is 3. The molecule has 1 aliphatic rings. The molecule has 1 fully saturated rings. The van der Waals surface area contributed by atoms with Gasteiger partial charge in [0.05, 0.1) is 5.69 Å². The van der Waals surface area contributed by atoms with Gasteiger partial charge in [0.2, 0.25) is 0 Å². The Labute approximate surface area is 113 Å². The summed E-state index contributed by atoms with van der Waals surface area (Å²) >= 11 is 5.31. The summed E-state index contributed by atoms with van der Waals surface area (Å²) in [4.78, 5) is 6.03. The molecule has 3 rings (SSSR count). The van der Waals surface area contributed by atoms with Crippen LogP contribution in [-0.2, 0) is 6.54 Å². The number of thiazole rings is 1. The third-order valence-corrected chi connectivity index (χ3v) is 4.80. The molecule has 1 aromatic heterocycles. The minimum atomic E-state index is 0.605. The van der Waals surface area contributed by atoms with E-state index in [0.717, 1.165) is 9.48 Å². The number of benzene rings is 1. The number of rotatable bonds is 3. The van der Waals surface area contributed by atoms with Crippen LogP contribution in [0.2, 0.25) is 0 Å². The molecule has 0 aliphatic heterocycles. The lowest BCUT2D eigenvalue weighted by molar-refractivity contribution is 0.979. The summed E-state index contributed by atoms with van der Waals surface area (Å²) in [6.45, 7) is 0.605. The molecule has 0 bridgehead atoms. The molecule has 17 heavy (non-hydrogen) atoms. The van der Waals surface area contributed by atoms with E-state index >= 15 is 0 Å². The quantitative estimate of drug-likeness (QED) is 0.933. The Kier molecular flexibility index (Phi) is 3.03. The lowest BCUT2D eigenvalue weighted by atomic mass is 10.2. The maximum absolute atomic E-state index is 5.80. The topological polar surface area (TPSA) is 38.9 Å². The first-order valence-electron chi connectivity index (χ1n) is 5.74. The van der Waals surface area contributed by atoms with E-state index < -0.39 is 0 Å². The van der Waals surface area contributed by atoms with Crippen molar-refractivity contribution < 1.29 is 0 Å². The second-order valence-corrected chi connectivity index (χ2v) is 6.22. The Morgan fingerprint density at radius 1 is 1.35 bits per heavy atom. The first-order valence-corrected chi connectivity index (χ1v) is 7.35. The largest absolute Gasteiger partial charge is 0.326 e. The summed E-state index contributed by atoms with van der Waals surface area (Å²) in [6, 6.07) is 8.21. The van der Waals surface area contributed by atoms with Gasteiger partial charge in [-0.3, -0.25) is 0 Å². The molecular formula is C13H13BrN2S. The third kappa shape index (κ3) is 2.17. The van der Waals surface area contributed by atoms with Crippen molar-refractivity contribution in [2.45, 2.75) is 25.3 Å². The van der Waals surface area contributed by atoms with Gasteiger partial charge >= 0.3 is 0 Å². The van der Waals surface area contributed by atoms with Gasteiger partial charge in [-0.15, -0.1) is 11.3 Å². The smallest absolute Gasteiger partial charge is 0.125 e. The number of halogens is 1. The molecule has 2 aromatic rings. The van der Waals surface area contributed by atoms with Crippen molar-refractivity contribution in [2.75, 3.05) is 0 Å². The molecule has 2 nitrogen and oxygen atoms in total. The fourth-order valence-electron chi connectivity index (χ4n) is 1.94. The van der Waals surface area contributed by atoms with Gasteiger partial charge in [-0.2, -0.15) is 0 Å². The fraction of sp³-hybridized carbons (Fsp3) is 0.308. The summed E-state index contributed by atoms with van der Waals surface area (Å²) in [5, 5.41) is 1.08. The summed E-state index contributed by atoms with van der Waals surface area (Å²) in [5.41, 5.74) is 8.21. The van der Waals surface area contributed by atoms with E-state index in [4.69, 9.17) is 10.7 Å². The van der Waals surface area contributed by atoms with Crippen molar-refractivity contribution in [3.05, 3.63) is 39.3 Å². The number of hydrogen-bond donors (Lipinski definition) is 1. The maximum atomic E-state index is 5.80. The highest BCUT2D eigenvalue weighted by molar-refractivity contribution is 9.10. The number of nitrogens with zero attached hydrogens (tertiary/aromatic N) is 1. The molecule has 0 saturated heterocycles. The monoisotopic (exact) mass is 308 g/mol. The Morgan fingerprint density at radius 3 is 2.76 bits per heavy atom. The highest BCUT2D eigenvalue weighted by Gasteiger charge is 2.29. The molecule has 0 atom stereocenters. The predicted octanol–water partition coefficient (Wildman–Crippen LogP) is 3.91. The molecule has 1 aliphatic carbocycles. The van der Waals surface area contributed by atoms with Crippen molar-refractivity contribution in [2.24, 2.45) is 5.73 Å². The van der Waals surface area contributed by atoms with E-state index in [1.165, 1.54) is 29.0 Å². The molecule has 1 aromatic carbocycles. The Bertz CT molecular complexity index is 546. The van der Waals surface area contributed by atoms with Crippen LogP contribution in [0.1, 0.15) is 29.3 Å². The van der Waals surface area contributed by atoms with Crippen LogP contribution >= 0.6 is 27.3 Å². The minimum absolute atomic E-state index is 0.605. The van der Waals surface area contributed by atoms with Crippen molar-refractivity contribution in [3.8, 4) is 10.6 Å². The van der Waals surface area contributed by atoms with Gasteiger partial charge in [0, 0.05) is 27.4 Å². The van der Waals surface area contributed by atoms with Gasteiger partial charge in [0.1, 0.15) is 5.01 Å². The maximum Gasteiger partial charge on any atom is 0.125 e. The van der Waals surface area contributed by atoms with Crippen LogP contribution in [0.3, 0.4) is 0 Å².